The molecule has 0 saturated heterocycles. The highest BCUT2D eigenvalue weighted by atomic mass is 32.1. The second-order valence-corrected chi connectivity index (χ2v) is 4.70. The number of aryl methyl sites for hydroxylation is 2. The number of ether oxygens (including phenoxy) is 1. The molecular formula is C15H16N2OS. The van der Waals surface area contributed by atoms with Gasteiger partial charge in [-0.15, -0.1) is 0 Å². The molecule has 0 aliphatic rings. The zero-order valence-electron chi connectivity index (χ0n) is 11.0. The van der Waals surface area contributed by atoms with E-state index in [1.807, 2.05) is 37.3 Å². The highest BCUT2D eigenvalue weighted by Crippen LogP contribution is 2.25. The Morgan fingerprint density at radius 2 is 2.05 bits per heavy atom. The number of thiocarbonyl (C=S) groups is 1. The molecule has 0 saturated carbocycles. The van der Waals surface area contributed by atoms with E-state index in [1.54, 1.807) is 6.07 Å². The first-order chi connectivity index (χ1) is 9.10. The molecule has 1 aromatic carbocycles. The molecule has 1 heterocycles. The zero-order chi connectivity index (χ0) is 13.8. The van der Waals surface area contributed by atoms with Crippen molar-refractivity contribution in [3.63, 3.8) is 0 Å². The van der Waals surface area contributed by atoms with Crippen LogP contribution in [-0.2, 0) is 6.42 Å². The maximum absolute atomic E-state index is 5.85. The van der Waals surface area contributed by atoms with Gasteiger partial charge in [0.05, 0.1) is 0 Å². The molecule has 0 spiro atoms. The van der Waals surface area contributed by atoms with Crippen LogP contribution in [0.25, 0.3) is 0 Å². The molecule has 2 aromatic rings. The van der Waals surface area contributed by atoms with Gasteiger partial charge < -0.3 is 10.5 Å². The topological polar surface area (TPSA) is 48.1 Å². The van der Waals surface area contributed by atoms with Gasteiger partial charge in [-0.25, -0.2) is 4.98 Å². The summed E-state index contributed by atoms with van der Waals surface area (Å²) in [4.78, 5) is 4.70. The number of nitrogens with zero attached hydrogens (tertiary/aromatic N) is 1. The van der Waals surface area contributed by atoms with E-state index < -0.39 is 0 Å². The van der Waals surface area contributed by atoms with E-state index in [0.717, 1.165) is 29.0 Å². The summed E-state index contributed by atoms with van der Waals surface area (Å²) in [5.74, 6) is 1.33. The van der Waals surface area contributed by atoms with Gasteiger partial charge in [0.25, 0.3) is 0 Å². The fourth-order valence-electron chi connectivity index (χ4n) is 1.84. The minimum Gasteiger partial charge on any atom is -0.439 e. The van der Waals surface area contributed by atoms with Crippen molar-refractivity contribution in [2.75, 3.05) is 0 Å². The van der Waals surface area contributed by atoms with Crippen LogP contribution in [0.15, 0.2) is 36.4 Å². The van der Waals surface area contributed by atoms with Crippen molar-refractivity contribution < 1.29 is 4.74 Å². The van der Waals surface area contributed by atoms with Crippen LogP contribution >= 0.6 is 12.2 Å². The van der Waals surface area contributed by atoms with Crippen molar-refractivity contribution in [3.8, 4) is 11.6 Å². The Kier molecular flexibility index (Phi) is 4.12. The lowest BCUT2D eigenvalue weighted by molar-refractivity contribution is 0.456. The third kappa shape index (κ3) is 3.29. The second kappa shape index (κ2) is 5.80. The molecule has 19 heavy (non-hydrogen) atoms. The molecule has 2 N–H and O–H groups in total. The first-order valence-corrected chi connectivity index (χ1v) is 6.55. The van der Waals surface area contributed by atoms with Crippen molar-refractivity contribution in [2.24, 2.45) is 5.73 Å². The summed E-state index contributed by atoms with van der Waals surface area (Å²) in [6, 6.07) is 11.5. The van der Waals surface area contributed by atoms with Crippen molar-refractivity contribution in [1.82, 2.24) is 4.98 Å². The predicted molar refractivity (Wildman–Crippen MR) is 80.8 cm³/mol. The molecule has 0 unspecified atom stereocenters. The molecular weight excluding hydrogens is 256 g/mol. The highest BCUT2D eigenvalue weighted by Gasteiger charge is 2.07. The summed E-state index contributed by atoms with van der Waals surface area (Å²) >= 11 is 4.99. The average molecular weight is 272 g/mol. The number of rotatable bonds is 4. The summed E-state index contributed by atoms with van der Waals surface area (Å²) in [6.07, 6.45) is 0.907. The molecule has 0 aliphatic heterocycles. The Hall–Kier alpha value is -1.94. The van der Waals surface area contributed by atoms with Crippen LogP contribution in [0.3, 0.4) is 0 Å². The number of pyridine rings is 1. The van der Waals surface area contributed by atoms with Crippen LogP contribution in [0.5, 0.6) is 11.6 Å². The molecule has 0 amide bonds. The molecule has 0 aliphatic carbocycles. The van der Waals surface area contributed by atoms with Gasteiger partial charge >= 0.3 is 0 Å². The first-order valence-electron chi connectivity index (χ1n) is 6.14. The van der Waals surface area contributed by atoms with Gasteiger partial charge in [0.2, 0.25) is 5.88 Å². The van der Waals surface area contributed by atoms with Gasteiger partial charge in [0.1, 0.15) is 10.7 Å². The second-order valence-electron chi connectivity index (χ2n) is 4.26. The lowest BCUT2D eigenvalue weighted by Crippen LogP contribution is -2.10. The monoisotopic (exact) mass is 272 g/mol. The number of hydrogen-bond donors (Lipinski definition) is 1. The fraction of sp³-hybridized carbons (Fsp3) is 0.200. The predicted octanol–water partition coefficient (Wildman–Crippen LogP) is 3.38. The molecule has 0 bridgehead atoms. The Balaban J connectivity index is 2.35. The maximum Gasteiger partial charge on any atom is 0.220 e. The largest absolute Gasteiger partial charge is 0.439 e. The summed E-state index contributed by atoms with van der Waals surface area (Å²) in [6.45, 7) is 3.98. The van der Waals surface area contributed by atoms with Crippen molar-refractivity contribution in [2.45, 2.75) is 20.3 Å². The highest BCUT2D eigenvalue weighted by molar-refractivity contribution is 7.80. The van der Waals surface area contributed by atoms with Crippen molar-refractivity contribution in [3.05, 3.63) is 53.2 Å². The smallest absolute Gasteiger partial charge is 0.220 e. The van der Waals surface area contributed by atoms with Crippen LogP contribution in [-0.4, -0.2) is 9.97 Å². The number of para-hydroxylation sites is 1. The Labute approximate surface area is 118 Å². The number of hydrogen-bond acceptors (Lipinski definition) is 3. The van der Waals surface area contributed by atoms with Gasteiger partial charge in [-0.1, -0.05) is 37.3 Å². The molecule has 1 aromatic heterocycles. The van der Waals surface area contributed by atoms with E-state index >= 15 is 0 Å². The molecule has 98 valence electrons. The summed E-state index contributed by atoms with van der Waals surface area (Å²) in [5, 5.41) is 0. The molecule has 2 rings (SSSR count). The molecule has 4 heteroatoms. The quantitative estimate of drug-likeness (QED) is 0.867. The Bertz CT molecular complexity index is 611. The van der Waals surface area contributed by atoms with Crippen molar-refractivity contribution >= 4 is 17.2 Å². The number of aromatic nitrogens is 1. The summed E-state index contributed by atoms with van der Waals surface area (Å²) in [5.41, 5.74) is 8.39. The lowest BCUT2D eigenvalue weighted by atomic mass is 10.1. The molecule has 0 atom stereocenters. The van der Waals surface area contributed by atoms with E-state index in [9.17, 15) is 0 Å². The van der Waals surface area contributed by atoms with E-state index in [4.69, 9.17) is 22.7 Å². The van der Waals surface area contributed by atoms with Gasteiger partial charge in [-0.2, -0.15) is 0 Å². The van der Waals surface area contributed by atoms with Gasteiger partial charge in [-0.05, 0) is 31.0 Å². The number of nitrogens with two attached hydrogens (primary N) is 1. The molecule has 0 radical (unpaired) electrons. The third-order valence-electron chi connectivity index (χ3n) is 2.78. The van der Waals surface area contributed by atoms with Gasteiger partial charge in [0, 0.05) is 17.3 Å². The normalized spacial score (nSPS) is 10.2. The van der Waals surface area contributed by atoms with Gasteiger partial charge in [-0.3, -0.25) is 0 Å². The van der Waals surface area contributed by atoms with Crippen LogP contribution in [0.4, 0.5) is 0 Å². The Morgan fingerprint density at radius 3 is 2.74 bits per heavy atom. The van der Waals surface area contributed by atoms with E-state index in [0.29, 0.717) is 10.9 Å². The minimum absolute atomic E-state index is 0.346. The standard InChI is InChI=1S/C15H16N2OS/c1-3-11-6-4-5-7-13(11)18-14-9-12(15(16)19)8-10(2)17-14/h4-9H,3H2,1-2H3,(H2,16,19). The number of benzene rings is 1. The fourth-order valence-corrected chi connectivity index (χ4v) is 1.96. The molecule has 0 fully saturated rings. The zero-order valence-corrected chi connectivity index (χ0v) is 11.8. The van der Waals surface area contributed by atoms with Crippen LogP contribution < -0.4 is 10.5 Å². The summed E-state index contributed by atoms with van der Waals surface area (Å²) < 4.78 is 5.85. The van der Waals surface area contributed by atoms with E-state index in [1.165, 1.54) is 0 Å². The van der Waals surface area contributed by atoms with Crippen LogP contribution in [0.2, 0.25) is 0 Å². The van der Waals surface area contributed by atoms with E-state index in [-0.39, 0.29) is 0 Å². The van der Waals surface area contributed by atoms with Crippen molar-refractivity contribution in [1.29, 1.82) is 0 Å². The third-order valence-corrected chi connectivity index (χ3v) is 3.02. The average Bonchev–Trinajstić information content (AvgIpc) is 2.38. The summed E-state index contributed by atoms with van der Waals surface area (Å²) in [7, 11) is 0. The lowest BCUT2D eigenvalue weighted by Gasteiger charge is -2.10. The van der Waals surface area contributed by atoms with Gasteiger partial charge in [0.15, 0.2) is 0 Å². The van der Waals surface area contributed by atoms with Crippen LogP contribution in [0, 0.1) is 6.92 Å². The minimum atomic E-state index is 0.346. The van der Waals surface area contributed by atoms with E-state index in [2.05, 4.69) is 11.9 Å². The van der Waals surface area contributed by atoms with Crippen LogP contribution in [0.1, 0.15) is 23.7 Å². The SMILES string of the molecule is CCc1ccccc1Oc1cc(C(N)=S)cc(C)n1. The maximum atomic E-state index is 5.85. The molecule has 3 nitrogen and oxygen atoms in total. The first kappa shape index (κ1) is 13.5. The Morgan fingerprint density at radius 1 is 1.32 bits per heavy atom.